The van der Waals surface area contributed by atoms with Gasteiger partial charge in [0.1, 0.15) is 0 Å². The van der Waals surface area contributed by atoms with Gasteiger partial charge in [0.05, 0.1) is 11.0 Å². The van der Waals surface area contributed by atoms with Crippen molar-refractivity contribution in [1.29, 1.82) is 0 Å². The normalized spacial score (nSPS) is 14.3. The molecule has 0 aliphatic heterocycles. The summed E-state index contributed by atoms with van der Waals surface area (Å²) in [5.74, 6) is 1.95. The molecule has 4 nitrogen and oxygen atoms in total. The molecule has 9 aromatic rings. The number of nitrogens with zero attached hydrogens (tertiary/aromatic N) is 4. The molecule has 10 rings (SSSR count). The van der Waals surface area contributed by atoms with Crippen molar-refractivity contribution >= 4 is 32.6 Å². The zero-order chi connectivity index (χ0) is 35.9. The summed E-state index contributed by atoms with van der Waals surface area (Å²) in [4.78, 5) is 15.0. The largest absolute Gasteiger partial charge is 0.309 e. The van der Waals surface area contributed by atoms with Crippen molar-refractivity contribution in [2.75, 3.05) is 0 Å². The van der Waals surface area contributed by atoms with Gasteiger partial charge in [0, 0.05) is 33.2 Å². The van der Waals surface area contributed by atoms with Crippen LogP contribution in [-0.2, 0) is 10.8 Å². The van der Waals surface area contributed by atoms with E-state index in [1.165, 1.54) is 54.8 Å². The molecule has 0 bridgehead atoms. The first-order valence-electron chi connectivity index (χ1n) is 18.4. The quantitative estimate of drug-likeness (QED) is 0.186. The number of hydrogen-bond acceptors (Lipinski definition) is 3. The average molecular weight is 683 g/mol. The number of aromatic nitrogens is 4. The number of para-hydroxylation sites is 1. The Balaban J connectivity index is 1.20. The van der Waals surface area contributed by atoms with E-state index >= 15 is 0 Å². The molecular weight excluding hydrogens is 645 g/mol. The van der Waals surface area contributed by atoms with Crippen LogP contribution in [0, 0.1) is 0 Å². The molecule has 2 heterocycles. The van der Waals surface area contributed by atoms with Crippen LogP contribution in [-0.4, -0.2) is 19.5 Å². The van der Waals surface area contributed by atoms with E-state index in [9.17, 15) is 0 Å². The molecule has 1 aliphatic carbocycles. The first-order valence-corrected chi connectivity index (χ1v) is 18.4. The highest BCUT2D eigenvalue weighted by molar-refractivity contribution is 6.11. The molecule has 0 spiro atoms. The minimum atomic E-state index is -0.137. The molecule has 0 atom stereocenters. The van der Waals surface area contributed by atoms with Crippen molar-refractivity contribution in [3.05, 3.63) is 169 Å². The minimum absolute atomic E-state index is 0.102. The molecule has 1 aliphatic rings. The van der Waals surface area contributed by atoms with Crippen LogP contribution >= 0.6 is 0 Å². The van der Waals surface area contributed by atoms with Crippen molar-refractivity contribution in [3.63, 3.8) is 0 Å². The first kappa shape index (κ1) is 31.4. The van der Waals surface area contributed by atoms with Gasteiger partial charge in [0.15, 0.2) is 17.5 Å². The van der Waals surface area contributed by atoms with Gasteiger partial charge < -0.3 is 4.57 Å². The van der Waals surface area contributed by atoms with E-state index in [-0.39, 0.29) is 10.8 Å². The van der Waals surface area contributed by atoms with Crippen LogP contribution in [0.2, 0.25) is 0 Å². The Labute approximate surface area is 309 Å². The predicted octanol–water partition coefficient (Wildman–Crippen LogP) is 12.4. The fourth-order valence-corrected chi connectivity index (χ4v) is 8.41. The molecule has 0 N–H and O–H groups in total. The second-order valence-electron chi connectivity index (χ2n) is 15.4. The van der Waals surface area contributed by atoms with Crippen molar-refractivity contribution in [1.82, 2.24) is 19.5 Å². The molecule has 2 aromatic heterocycles. The highest BCUT2D eigenvalue weighted by atomic mass is 15.0. The van der Waals surface area contributed by atoms with E-state index in [1.54, 1.807) is 0 Å². The minimum Gasteiger partial charge on any atom is -0.309 e. The number of hydrogen-bond donors (Lipinski definition) is 0. The van der Waals surface area contributed by atoms with Crippen LogP contribution in [0.25, 0.3) is 83.6 Å². The lowest BCUT2D eigenvalue weighted by atomic mass is 9.55. The summed E-state index contributed by atoms with van der Waals surface area (Å²) in [7, 11) is 0. The summed E-state index contributed by atoms with van der Waals surface area (Å²) in [6.45, 7) is 9.65. The summed E-state index contributed by atoms with van der Waals surface area (Å²) in [6.07, 6.45) is 0. The lowest BCUT2D eigenvalue weighted by Gasteiger charge is -2.48. The SMILES string of the molecule is CC1(C)c2cc3ccccc3cc2-c2cc3c4ccccc4n(-c4cccc(-c5nc(-c6ccccc6)nc(-c6ccccc6)n5)c4)c3cc2C1(C)C. The second kappa shape index (κ2) is 11.6. The number of benzene rings is 7. The number of rotatable bonds is 4. The van der Waals surface area contributed by atoms with Gasteiger partial charge in [-0.05, 0) is 86.3 Å². The van der Waals surface area contributed by atoms with Gasteiger partial charge >= 0.3 is 0 Å². The van der Waals surface area contributed by atoms with Gasteiger partial charge in [-0.15, -0.1) is 0 Å². The van der Waals surface area contributed by atoms with E-state index in [2.05, 4.69) is 129 Å². The summed E-state index contributed by atoms with van der Waals surface area (Å²) in [6, 6.07) is 56.3. The number of fused-ring (bicyclic) bond motifs is 7. The monoisotopic (exact) mass is 682 g/mol. The van der Waals surface area contributed by atoms with Gasteiger partial charge in [-0.2, -0.15) is 0 Å². The first-order chi connectivity index (χ1) is 25.8. The Bertz CT molecular complexity index is 2820. The topological polar surface area (TPSA) is 43.6 Å². The van der Waals surface area contributed by atoms with Crippen LogP contribution in [0.3, 0.4) is 0 Å². The summed E-state index contributed by atoms with van der Waals surface area (Å²) in [5, 5.41) is 5.05. The molecule has 0 saturated carbocycles. The van der Waals surface area contributed by atoms with Crippen LogP contribution in [0.1, 0.15) is 38.8 Å². The fourth-order valence-electron chi connectivity index (χ4n) is 8.41. The molecule has 0 fully saturated rings. The molecule has 0 unspecified atom stereocenters. The zero-order valence-electron chi connectivity index (χ0n) is 30.3. The molecule has 53 heavy (non-hydrogen) atoms. The lowest BCUT2D eigenvalue weighted by Crippen LogP contribution is -2.43. The van der Waals surface area contributed by atoms with E-state index in [4.69, 9.17) is 15.0 Å². The second-order valence-corrected chi connectivity index (χ2v) is 15.4. The van der Waals surface area contributed by atoms with Crippen molar-refractivity contribution in [3.8, 4) is 51.0 Å². The van der Waals surface area contributed by atoms with E-state index in [1.807, 2.05) is 60.7 Å². The van der Waals surface area contributed by atoms with Gasteiger partial charge in [-0.25, -0.2) is 15.0 Å². The summed E-state index contributed by atoms with van der Waals surface area (Å²) in [5.41, 5.74) is 11.5. The molecule has 0 radical (unpaired) electrons. The Morgan fingerprint density at radius 2 is 0.906 bits per heavy atom. The molecule has 0 saturated heterocycles. The highest BCUT2D eigenvalue weighted by Crippen LogP contribution is 2.56. The standard InChI is InChI=1S/C49H38N4/c1-48(2)41-28-34-21-12-11-20-33(34)27-38(41)39-29-40-37-24-13-14-25-43(37)53(44(40)30-42(39)49(48,3)4)36-23-15-22-35(26-36)47-51-45(31-16-7-5-8-17-31)50-46(52-47)32-18-9-6-10-19-32/h5-30H,1-4H3. The van der Waals surface area contributed by atoms with Gasteiger partial charge in [0.25, 0.3) is 0 Å². The van der Waals surface area contributed by atoms with Crippen LogP contribution in [0.4, 0.5) is 0 Å². The smallest absolute Gasteiger partial charge is 0.164 e. The van der Waals surface area contributed by atoms with E-state index in [0.29, 0.717) is 17.5 Å². The molecular formula is C49H38N4. The Morgan fingerprint density at radius 1 is 0.396 bits per heavy atom. The summed E-state index contributed by atoms with van der Waals surface area (Å²) < 4.78 is 2.42. The maximum Gasteiger partial charge on any atom is 0.164 e. The molecule has 254 valence electrons. The van der Waals surface area contributed by atoms with Crippen LogP contribution < -0.4 is 0 Å². The zero-order valence-corrected chi connectivity index (χ0v) is 30.3. The predicted molar refractivity (Wildman–Crippen MR) is 219 cm³/mol. The summed E-state index contributed by atoms with van der Waals surface area (Å²) >= 11 is 0. The average Bonchev–Trinajstić information content (AvgIpc) is 3.53. The third-order valence-corrected chi connectivity index (χ3v) is 12.0. The van der Waals surface area contributed by atoms with Gasteiger partial charge in [0.2, 0.25) is 0 Å². The Morgan fingerprint density at radius 3 is 1.57 bits per heavy atom. The highest BCUT2D eigenvalue weighted by Gasteiger charge is 2.46. The third-order valence-electron chi connectivity index (χ3n) is 12.0. The maximum absolute atomic E-state index is 5.05. The lowest BCUT2D eigenvalue weighted by molar-refractivity contribution is 0.299. The molecule has 0 amide bonds. The molecule has 7 aromatic carbocycles. The van der Waals surface area contributed by atoms with Crippen LogP contribution in [0.5, 0.6) is 0 Å². The van der Waals surface area contributed by atoms with Crippen LogP contribution in [0.15, 0.2) is 158 Å². The molecule has 4 heteroatoms. The van der Waals surface area contributed by atoms with Crippen molar-refractivity contribution < 1.29 is 0 Å². The van der Waals surface area contributed by atoms with Crippen molar-refractivity contribution in [2.45, 2.75) is 38.5 Å². The maximum atomic E-state index is 5.05. The third kappa shape index (κ3) is 4.79. The fraction of sp³-hybridized carbons (Fsp3) is 0.122. The van der Waals surface area contributed by atoms with Gasteiger partial charge in [-0.1, -0.05) is 143 Å². The Kier molecular flexibility index (Phi) is 6.84. The Hall–Kier alpha value is -6.39. The van der Waals surface area contributed by atoms with Crippen molar-refractivity contribution in [2.24, 2.45) is 0 Å². The van der Waals surface area contributed by atoms with E-state index < -0.39 is 0 Å². The van der Waals surface area contributed by atoms with Gasteiger partial charge in [-0.3, -0.25) is 0 Å². The van der Waals surface area contributed by atoms with E-state index in [0.717, 1.165) is 22.4 Å².